The largest absolute Gasteiger partial charge is 0.244 e. The summed E-state index contributed by atoms with van der Waals surface area (Å²) in [7, 11) is -3.90. The molecule has 0 fully saturated rings. The number of sulfonamides is 1. The van der Waals surface area contributed by atoms with Crippen molar-refractivity contribution in [3.63, 3.8) is 0 Å². The Balaban J connectivity index is 2.29. The van der Waals surface area contributed by atoms with Gasteiger partial charge in [0.1, 0.15) is 10.7 Å². The van der Waals surface area contributed by atoms with Crippen LogP contribution >= 0.6 is 22.9 Å². The Labute approximate surface area is 126 Å². The monoisotopic (exact) mass is 333 g/mol. The highest BCUT2D eigenvalue weighted by molar-refractivity contribution is 7.89. The number of benzene rings is 1. The number of halogens is 2. The minimum Gasteiger partial charge on any atom is -0.207 e. The minimum atomic E-state index is -3.90. The molecule has 0 saturated heterocycles. The van der Waals surface area contributed by atoms with Gasteiger partial charge in [0.15, 0.2) is 0 Å². The fourth-order valence-corrected chi connectivity index (χ4v) is 4.42. The van der Waals surface area contributed by atoms with Crippen LogP contribution in [0.15, 0.2) is 41.3 Å². The van der Waals surface area contributed by atoms with E-state index in [1.807, 2.05) is 6.92 Å². The van der Waals surface area contributed by atoms with Crippen molar-refractivity contribution in [2.75, 3.05) is 0 Å². The van der Waals surface area contributed by atoms with Crippen LogP contribution in [0.4, 0.5) is 4.39 Å². The third-order valence-corrected chi connectivity index (χ3v) is 5.62. The van der Waals surface area contributed by atoms with E-state index in [9.17, 15) is 12.8 Å². The Morgan fingerprint density at radius 3 is 2.55 bits per heavy atom. The van der Waals surface area contributed by atoms with Crippen molar-refractivity contribution in [3.05, 3.63) is 51.4 Å². The fraction of sp³-hybridized carbons (Fsp3) is 0.231. The van der Waals surface area contributed by atoms with E-state index in [4.69, 9.17) is 11.6 Å². The molecular weight excluding hydrogens is 321 g/mol. The van der Waals surface area contributed by atoms with E-state index in [0.29, 0.717) is 10.8 Å². The normalized spacial score (nSPS) is 13.3. The molecule has 7 heteroatoms. The Morgan fingerprint density at radius 2 is 2.00 bits per heavy atom. The summed E-state index contributed by atoms with van der Waals surface area (Å²) in [5.74, 6) is -0.765. The molecule has 0 aliphatic carbocycles. The molecule has 2 aromatic rings. The molecule has 0 amide bonds. The van der Waals surface area contributed by atoms with Crippen LogP contribution in [0, 0.1) is 5.82 Å². The first-order valence-electron chi connectivity index (χ1n) is 5.96. The summed E-state index contributed by atoms with van der Waals surface area (Å²) in [6.45, 7) is 1.85. The van der Waals surface area contributed by atoms with Crippen LogP contribution in [0.1, 0.15) is 24.3 Å². The van der Waals surface area contributed by atoms with Crippen LogP contribution in [0.5, 0.6) is 0 Å². The lowest BCUT2D eigenvalue weighted by Crippen LogP contribution is -2.28. The third-order valence-electron chi connectivity index (χ3n) is 2.77. The van der Waals surface area contributed by atoms with Crippen LogP contribution in [-0.2, 0) is 10.0 Å². The molecule has 20 heavy (non-hydrogen) atoms. The third kappa shape index (κ3) is 3.38. The first kappa shape index (κ1) is 15.4. The topological polar surface area (TPSA) is 46.2 Å². The maximum atomic E-state index is 13.6. The van der Waals surface area contributed by atoms with Crippen molar-refractivity contribution in [3.8, 4) is 0 Å². The molecule has 0 radical (unpaired) electrons. The molecule has 1 unspecified atom stereocenters. The highest BCUT2D eigenvalue weighted by atomic mass is 35.5. The van der Waals surface area contributed by atoms with Gasteiger partial charge in [0.25, 0.3) is 0 Å². The van der Waals surface area contributed by atoms with E-state index in [2.05, 4.69) is 4.72 Å². The zero-order valence-electron chi connectivity index (χ0n) is 10.6. The van der Waals surface area contributed by atoms with Crippen molar-refractivity contribution in [1.82, 2.24) is 4.72 Å². The lowest BCUT2D eigenvalue weighted by Gasteiger charge is -2.16. The van der Waals surface area contributed by atoms with Crippen LogP contribution in [0.3, 0.4) is 0 Å². The standard InChI is InChI=1S/C13H13ClFNO2S2/c1-2-10(11-7-8-13(14)19-11)16-20(17,18)12-6-4-3-5-9(12)15/h3-8,10,16H,2H2,1H3. The number of hydrogen-bond acceptors (Lipinski definition) is 3. The van der Waals surface area contributed by atoms with Gasteiger partial charge in [0.05, 0.1) is 10.4 Å². The van der Waals surface area contributed by atoms with Gasteiger partial charge >= 0.3 is 0 Å². The van der Waals surface area contributed by atoms with Crippen LogP contribution in [-0.4, -0.2) is 8.42 Å². The molecule has 1 N–H and O–H groups in total. The summed E-state index contributed by atoms with van der Waals surface area (Å²) in [6.07, 6.45) is 0.546. The van der Waals surface area contributed by atoms with Crippen LogP contribution in [0.25, 0.3) is 0 Å². The molecule has 0 aliphatic rings. The molecule has 108 valence electrons. The van der Waals surface area contributed by atoms with E-state index in [1.54, 1.807) is 12.1 Å². The molecule has 1 aromatic heterocycles. The summed E-state index contributed by atoms with van der Waals surface area (Å²) in [5.41, 5.74) is 0. The lowest BCUT2D eigenvalue weighted by atomic mass is 10.2. The molecule has 0 saturated carbocycles. The summed E-state index contributed by atoms with van der Waals surface area (Å²) in [6, 6.07) is 8.36. The smallest absolute Gasteiger partial charge is 0.207 e. The van der Waals surface area contributed by atoms with Crippen molar-refractivity contribution in [1.29, 1.82) is 0 Å². The fourth-order valence-electron chi connectivity index (χ4n) is 1.77. The first-order chi connectivity index (χ1) is 9.44. The predicted octanol–water partition coefficient (Wildman–Crippen LogP) is 3.97. The predicted molar refractivity (Wildman–Crippen MR) is 79.1 cm³/mol. The van der Waals surface area contributed by atoms with Gasteiger partial charge < -0.3 is 0 Å². The molecule has 1 atom stereocenters. The molecular formula is C13H13ClFNO2S2. The maximum absolute atomic E-state index is 13.6. The molecule has 1 heterocycles. The highest BCUT2D eigenvalue weighted by Gasteiger charge is 2.23. The number of hydrogen-bond donors (Lipinski definition) is 1. The number of nitrogens with one attached hydrogen (secondary N) is 1. The molecule has 3 nitrogen and oxygen atoms in total. The Kier molecular flexibility index (Phi) is 4.80. The Bertz CT molecular complexity index is 700. The van der Waals surface area contributed by atoms with Crippen LogP contribution in [0.2, 0.25) is 4.34 Å². The zero-order chi connectivity index (χ0) is 14.8. The Morgan fingerprint density at radius 1 is 1.30 bits per heavy atom. The van der Waals surface area contributed by atoms with Gasteiger partial charge in [0.2, 0.25) is 10.0 Å². The van der Waals surface area contributed by atoms with E-state index in [0.717, 1.165) is 10.9 Å². The average molecular weight is 334 g/mol. The SMILES string of the molecule is CCC(NS(=O)(=O)c1ccccc1F)c1ccc(Cl)s1. The molecule has 1 aromatic carbocycles. The van der Waals surface area contributed by atoms with Gasteiger partial charge in [-0.05, 0) is 30.7 Å². The van der Waals surface area contributed by atoms with Crippen molar-refractivity contribution >= 4 is 33.0 Å². The van der Waals surface area contributed by atoms with E-state index >= 15 is 0 Å². The van der Waals surface area contributed by atoms with Crippen molar-refractivity contribution < 1.29 is 12.8 Å². The van der Waals surface area contributed by atoms with Crippen LogP contribution < -0.4 is 4.72 Å². The quantitative estimate of drug-likeness (QED) is 0.899. The lowest BCUT2D eigenvalue weighted by molar-refractivity contribution is 0.537. The summed E-state index contributed by atoms with van der Waals surface area (Å²) >= 11 is 7.16. The number of rotatable bonds is 5. The van der Waals surface area contributed by atoms with E-state index in [1.165, 1.54) is 29.5 Å². The molecule has 0 bridgehead atoms. The second kappa shape index (κ2) is 6.22. The molecule has 2 rings (SSSR count). The van der Waals surface area contributed by atoms with Gasteiger partial charge in [0, 0.05) is 4.88 Å². The van der Waals surface area contributed by atoms with E-state index < -0.39 is 21.9 Å². The highest BCUT2D eigenvalue weighted by Crippen LogP contribution is 2.30. The minimum absolute atomic E-state index is 0.346. The summed E-state index contributed by atoms with van der Waals surface area (Å²) in [4.78, 5) is 0.457. The van der Waals surface area contributed by atoms with Gasteiger partial charge in [-0.1, -0.05) is 30.7 Å². The van der Waals surface area contributed by atoms with Crippen molar-refractivity contribution in [2.45, 2.75) is 24.3 Å². The average Bonchev–Trinajstić information content (AvgIpc) is 2.83. The van der Waals surface area contributed by atoms with Gasteiger partial charge in [-0.3, -0.25) is 0 Å². The molecule has 0 aliphatic heterocycles. The number of thiophene rings is 1. The van der Waals surface area contributed by atoms with E-state index in [-0.39, 0.29) is 4.90 Å². The van der Waals surface area contributed by atoms with Gasteiger partial charge in [-0.2, -0.15) is 0 Å². The second-order valence-corrected chi connectivity index (χ2v) is 7.58. The second-order valence-electron chi connectivity index (χ2n) is 4.15. The zero-order valence-corrected chi connectivity index (χ0v) is 13.0. The van der Waals surface area contributed by atoms with Gasteiger partial charge in [-0.25, -0.2) is 17.5 Å². The maximum Gasteiger partial charge on any atom is 0.244 e. The van der Waals surface area contributed by atoms with Gasteiger partial charge in [-0.15, -0.1) is 11.3 Å². The Hall–Kier alpha value is -0.950. The van der Waals surface area contributed by atoms with Crippen molar-refractivity contribution in [2.24, 2.45) is 0 Å². The summed E-state index contributed by atoms with van der Waals surface area (Å²) < 4.78 is 41.2. The summed E-state index contributed by atoms with van der Waals surface area (Å²) in [5, 5.41) is 0. The first-order valence-corrected chi connectivity index (χ1v) is 8.64. The molecule has 0 spiro atoms.